The fourth-order valence-corrected chi connectivity index (χ4v) is 2.45. The van der Waals surface area contributed by atoms with Gasteiger partial charge in [-0.2, -0.15) is 0 Å². The molecule has 1 aromatic heterocycles. The van der Waals surface area contributed by atoms with Crippen LogP contribution in [0.1, 0.15) is 17.9 Å². The number of fused-ring (bicyclic) bond motifs is 1. The minimum atomic E-state index is -0.475. The van der Waals surface area contributed by atoms with E-state index in [1.54, 1.807) is 7.11 Å². The number of hydrogen-bond donors (Lipinski definition) is 1. The van der Waals surface area contributed by atoms with Crippen molar-refractivity contribution in [3.63, 3.8) is 0 Å². The minimum Gasteiger partial charge on any atom is -0.497 e. The molecule has 0 aliphatic rings. The molecule has 1 heterocycles. The highest BCUT2D eigenvalue weighted by Crippen LogP contribution is 2.15. The van der Waals surface area contributed by atoms with Crippen LogP contribution in [0.15, 0.2) is 52.9 Å². The zero-order valence-corrected chi connectivity index (χ0v) is 14.9. The van der Waals surface area contributed by atoms with Crippen LogP contribution >= 0.6 is 0 Å². The summed E-state index contributed by atoms with van der Waals surface area (Å²) in [5, 5.41) is 2.70. The molecule has 0 aliphatic carbocycles. The van der Waals surface area contributed by atoms with E-state index in [9.17, 15) is 9.59 Å². The number of amides is 1. The van der Waals surface area contributed by atoms with Crippen molar-refractivity contribution in [2.45, 2.75) is 19.4 Å². The van der Waals surface area contributed by atoms with Crippen molar-refractivity contribution in [1.82, 2.24) is 10.3 Å². The maximum atomic E-state index is 11.8. The number of nitrogens with one attached hydrogen (secondary N) is 1. The van der Waals surface area contributed by atoms with Crippen molar-refractivity contribution in [2.24, 2.45) is 0 Å². The number of esters is 1. The number of hydrogen-bond acceptors (Lipinski definition) is 6. The second kappa shape index (κ2) is 8.84. The van der Waals surface area contributed by atoms with E-state index in [4.69, 9.17) is 13.9 Å². The molecule has 0 fully saturated rings. The monoisotopic (exact) mass is 368 g/mol. The van der Waals surface area contributed by atoms with Gasteiger partial charge >= 0.3 is 5.97 Å². The predicted molar refractivity (Wildman–Crippen MR) is 98.1 cm³/mol. The normalized spacial score (nSPS) is 10.6. The van der Waals surface area contributed by atoms with Gasteiger partial charge in [0, 0.05) is 13.0 Å². The highest BCUT2D eigenvalue weighted by atomic mass is 16.5. The Labute approximate surface area is 156 Å². The summed E-state index contributed by atoms with van der Waals surface area (Å²) in [6.07, 6.45) is 0.416. The van der Waals surface area contributed by atoms with Crippen LogP contribution in [-0.2, 0) is 27.3 Å². The zero-order valence-electron chi connectivity index (χ0n) is 14.9. The molecule has 0 saturated heterocycles. The molecule has 0 spiro atoms. The number of benzene rings is 2. The number of nitrogens with zero attached hydrogens (tertiary/aromatic N) is 1. The standard InChI is InChI=1S/C20H20N2O5/c1-25-15-8-6-14(7-9-15)12-21-18(23)13-26-20(24)11-10-19-22-16-4-2-3-5-17(16)27-19/h2-9H,10-13H2,1H3,(H,21,23). The van der Waals surface area contributed by atoms with Gasteiger partial charge in [-0.05, 0) is 29.8 Å². The molecule has 3 aromatic rings. The summed E-state index contributed by atoms with van der Waals surface area (Å²) in [7, 11) is 1.59. The number of rotatable bonds is 8. The number of methoxy groups -OCH3 is 1. The quantitative estimate of drug-likeness (QED) is 0.615. The van der Waals surface area contributed by atoms with Crippen LogP contribution in [0.25, 0.3) is 11.1 Å². The van der Waals surface area contributed by atoms with E-state index in [0.29, 0.717) is 24.4 Å². The van der Waals surface area contributed by atoms with E-state index < -0.39 is 5.97 Å². The molecule has 7 heteroatoms. The van der Waals surface area contributed by atoms with E-state index in [-0.39, 0.29) is 18.9 Å². The van der Waals surface area contributed by atoms with Crippen molar-refractivity contribution in [3.8, 4) is 5.75 Å². The third-order valence-corrected chi connectivity index (χ3v) is 3.89. The Morgan fingerprint density at radius 1 is 1.11 bits per heavy atom. The Kier molecular flexibility index (Phi) is 6.04. The first-order valence-electron chi connectivity index (χ1n) is 8.54. The Bertz CT molecular complexity index is 885. The second-order valence-corrected chi connectivity index (χ2v) is 5.86. The van der Waals surface area contributed by atoms with E-state index in [1.165, 1.54) is 0 Å². The molecule has 27 heavy (non-hydrogen) atoms. The third kappa shape index (κ3) is 5.31. The third-order valence-electron chi connectivity index (χ3n) is 3.89. The van der Waals surface area contributed by atoms with Crippen LogP contribution in [-0.4, -0.2) is 30.6 Å². The van der Waals surface area contributed by atoms with Crippen LogP contribution in [0.4, 0.5) is 0 Å². The highest BCUT2D eigenvalue weighted by Gasteiger charge is 2.11. The van der Waals surface area contributed by atoms with Gasteiger partial charge in [-0.1, -0.05) is 24.3 Å². The van der Waals surface area contributed by atoms with Gasteiger partial charge in [-0.15, -0.1) is 0 Å². The Hall–Kier alpha value is -3.35. The number of oxazole rings is 1. The van der Waals surface area contributed by atoms with Gasteiger partial charge in [0.2, 0.25) is 0 Å². The van der Waals surface area contributed by atoms with Crippen molar-refractivity contribution >= 4 is 23.0 Å². The van der Waals surface area contributed by atoms with Crippen LogP contribution < -0.4 is 10.1 Å². The van der Waals surface area contributed by atoms with Crippen molar-refractivity contribution < 1.29 is 23.5 Å². The topological polar surface area (TPSA) is 90.7 Å². The van der Waals surface area contributed by atoms with E-state index >= 15 is 0 Å². The van der Waals surface area contributed by atoms with Crippen molar-refractivity contribution in [1.29, 1.82) is 0 Å². The number of carbonyl (C=O) groups is 2. The first kappa shape index (κ1) is 18.4. The van der Waals surface area contributed by atoms with E-state index in [0.717, 1.165) is 16.8 Å². The van der Waals surface area contributed by atoms with E-state index in [1.807, 2.05) is 48.5 Å². The highest BCUT2D eigenvalue weighted by molar-refractivity contribution is 5.80. The molecule has 7 nitrogen and oxygen atoms in total. The van der Waals surface area contributed by atoms with Crippen LogP contribution in [0.5, 0.6) is 5.75 Å². The van der Waals surface area contributed by atoms with Gasteiger partial charge in [0.15, 0.2) is 18.1 Å². The van der Waals surface area contributed by atoms with Gasteiger partial charge in [0.25, 0.3) is 5.91 Å². The Morgan fingerprint density at radius 3 is 2.63 bits per heavy atom. The van der Waals surface area contributed by atoms with Crippen LogP contribution in [0, 0.1) is 0 Å². The molecule has 2 aromatic carbocycles. The van der Waals surface area contributed by atoms with Gasteiger partial charge < -0.3 is 19.2 Å². The number of aryl methyl sites for hydroxylation is 1. The number of para-hydroxylation sites is 2. The van der Waals surface area contributed by atoms with Crippen LogP contribution in [0.2, 0.25) is 0 Å². The molecule has 1 N–H and O–H groups in total. The molecule has 3 rings (SSSR count). The van der Waals surface area contributed by atoms with Crippen molar-refractivity contribution in [2.75, 3.05) is 13.7 Å². The fraction of sp³-hybridized carbons (Fsp3) is 0.250. The molecule has 0 unspecified atom stereocenters. The smallest absolute Gasteiger partial charge is 0.306 e. The summed E-state index contributed by atoms with van der Waals surface area (Å²) in [6, 6.07) is 14.7. The first-order valence-corrected chi connectivity index (χ1v) is 8.54. The van der Waals surface area contributed by atoms with Gasteiger partial charge in [0.1, 0.15) is 11.3 Å². The van der Waals surface area contributed by atoms with E-state index in [2.05, 4.69) is 10.3 Å². The van der Waals surface area contributed by atoms with Crippen LogP contribution in [0.3, 0.4) is 0 Å². The fourth-order valence-electron chi connectivity index (χ4n) is 2.45. The lowest BCUT2D eigenvalue weighted by Gasteiger charge is -2.07. The SMILES string of the molecule is COc1ccc(CNC(=O)COC(=O)CCc2nc3ccccc3o2)cc1. The Morgan fingerprint density at radius 2 is 1.89 bits per heavy atom. The van der Waals surface area contributed by atoms with Gasteiger partial charge in [-0.3, -0.25) is 9.59 Å². The average molecular weight is 368 g/mol. The number of carbonyl (C=O) groups excluding carboxylic acids is 2. The maximum absolute atomic E-state index is 11.8. The summed E-state index contributed by atoms with van der Waals surface area (Å²) in [5.41, 5.74) is 2.35. The molecule has 0 bridgehead atoms. The molecular weight excluding hydrogens is 348 g/mol. The van der Waals surface area contributed by atoms with Crippen molar-refractivity contribution in [3.05, 3.63) is 60.0 Å². The second-order valence-electron chi connectivity index (χ2n) is 5.86. The molecule has 1 amide bonds. The molecule has 140 valence electrons. The summed E-state index contributed by atoms with van der Waals surface area (Å²) in [4.78, 5) is 27.9. The first-order chi connectivity index (χ1) is 13.1. The van der Waals surface area contributed by atoms with Gasteiger partial charge in [0.05, 0.1) is 13.5 Å². The number of ether oxygens (including phenoxy) is 2. The summed E-state index contributed by atoms with van der Waals surface area (Å²) >= 11 is 0. The molecule has 0 saturated carbocycles. The lowest BCUT2D eigenvalue weighted by Crippen LogP contribution is -2.28. The lowest BCUT2D eigenvalue weighted by atomic mass is 10.2. The molecule has 0 radical (unpaired) electrons. The lowest BCUT2D eigenvalue weighted by molar-refractivity contribution is -0.148. The maximum Gasteiger partial charge on any atom is 0.306 e. The zero-order chi connectivity index (χ0) is 19.1. The largest absolute Gasteiger partial charge is 0.497 e. The summed E-state index contributed by atoms with van der Waals surface area (Å²) < 4.78 is 15.6. The van der Waals surface area contributed by atoms with Gasteiger partial charge in [-0.25, -0.2) is 4.98 Å². The molecule has 0 atom stereocenters. The predicted octanol–water partition coefficient (Wildman–Crippen LogP) is 2.63. The minimum absolute atomic E-state index is 0.0958. The average Bonchev–Trinajstić information content (AvgIpc) is 3.12. The Balaban J connectivity index is 1.37. The molecule has 0 aliphatic heterocycles. The summed E-state index contributed by atoms with van der Waals surface area (Å²) in [6.45, 7) is 0.0336. The number of aromatic nitrogens is 1. The summed E-state index contributed by atoms with van der Waals surface area (Å²) in [5.74, 6) is 0.382. The molecular formula is C20H20N2O5.